The summed E-state index contributed by atoms with van der Waals surface area (Å²) in [6.45, 7) is -0.739. The van der Waals surface area contributed by atoms with Gasteiger partial charge in [-0.05, 0) is 0 Å². The maximum atomic E-state index is 10.5. The van der Waals surface area contributed by atoms with Crippen molar-refractivity contribution in [2.75, 3.05) is 6.61 Å². The summed E-state index contributed by atoms with van der Waals surface area (Å²) in [6.07, 6.45) is -7.97. The van der Waals surface area contributed by atoms with Gasteiger partial charge in [-0.3, -0.25) is 4.52 Å². The Bertz CT molecular complexity index is 286. The van der Waals surface area contributed by atoms with Crippen molar-refractivity contribution >= 4 is 7.82 Å². The maximum Gasteiger partial charge on any atom is 0.472 e. The van der Waals surface area contributed by atoms with Gasteiger partial charge in [0.15, 0.2) is 6.29 Å². The van der Waals surface area contributed by atoms with Crippen LogP contribution in [-0.2, 0) is 13.8 Å². The molecule has 0 unspecified atom stereocenters. The highest BCUT2D eigenvalue weighted by atomic mass is 31.2. The Morgan fingerprint density at radius 1 is 1.22 bits per heavy atom. The molecule has 112 valence electrons. The van der Waals surface area contributed by atoms with Crippen molar-refractivity contribution in [1.82, 2.24) is 12.3 Å². The molecule has 0 amide bonds. The molecule has 0 radical (unpaired) electrons. The van der Waals surface area contributed by atoms with E-state index in [4.69, 9.17) is 24.7 Å². The number of aliphatic hydroxyl groups excluding tert-OH is 4. The van der Waals surface area contributed by atoms with E-state index in [0.29, 0.717) is 0 Å². The molecule has 1 rings (SSSR count). The molecule has 12 N–H and O–H groups in total. The number of hydrogen-bond donors (Lipinski definition) is 8. The van der Waals surface area contributed by atoms with E-state index in [1.54, 1.807) is 0 Å². The van der Waals surface area contributed by atoms with Crippen molar-refractivity contribution in [2.24, 2.45) is 0 Å². The summed E-state index contributed by atoms with van der Waals surface area (Å²) in [5.41, 5.74) is 0. The first-order valence-electron chi connectivity index (χ1n) is 4.30. The summed E-state index contributed by atoms with van der Waals surface area (Å²) < 4.78 is 19.2. The summed E-state index contributed by atoms with van der Waals surface area (Å²) in [5, 5.41) is 36.4. The second-order valence-electron chi connectivity index (χ2n) is 3.30. The van der Waals surface area contributed by atoms with Crippen LogP contribution in [0.15, 0.2) is 0 Å². The van der Waals surface area contributed by atoms with Crippen LogP contribution in [-0.4, -0.2) is 67.5 Å². The van der Waals surface area contributed by atoms with Crippen molar-refractivity contribution in [1.29, 1.82) is 0 Å². The van der Waals surface area contributed by atoms with Gasteiger partial charge in [-0.25, -0.2) is 4.57 Å². The Hall–Kier alpha value is -0.170. The SMILES string of the molecule is N.N.O=P(O)(O)O[C@H]1O[C@H]([C@H](O)CO)[C@H](O)[C@@H]1O. The minimum Gasteiger partial charge on any atom is -0.394 e. The molecule has 1 aliphatic heterocycles. The number of hydrogen-bond acceptors (Lipinski definition) is 9. The quantitative estimate of drug-likeness (QED) is 0.247. The molecule has 1 fully saturated rings. The minimum absolute atomic E-state index is 0. The van der Waals surface area contributed by atoms with Gasteiger partial charge in [0.1, 0.15) is 24.4 Å². The van der Waals surface area contributed by atoms with Gasteiger partial charge in [0.05, 0.1) is 6.61 Å². The zero-order valence-corrected chi connectivity index (χ0v) is 10.3. The van der Waals surface area contributed by atoms with Crippen molar-refractivity contribution in [3.8, 4) is 0 Å². The second kappa shape index (κ2) is 7.43. The summed E-state index contributed by atoms with van der Waals surface area (Å²) in [4.78, 5) is 16.9. The van der Waals surface area contributed by atoms with Crippen LogP contribution in [0.4, 0.5) is 0 Å². The van der Waals surface area contributed by atoms with E-state index < -0.39 is 45.1 Å². The predicted octanol–water partition coefficient (Wildman–Crippen LogP) is -2.78. The maximum absolute atomic E-state index is 10.5. The van der Waals surface area contributed by atoms with Gasteiger partial charge < -0.3 is 47.3 Å². The first-order chi connectivity index (χ1) is 7.26. The van der Waals surface area contributed by atoms with Crippen molar-refractivity contribution < 1.29 is 44.0 Å². The van der Waals surface area contributed by atoms with E-state index in [1.165, 1.54) is 0 Å². The fourth-order valence-corrected chi connectivity index (χ4v) is 1.76. The highest BCUT2D eigenvalue weighted by molar-refractivity contribution is 7.46. The van der Waals surface area contributed by atoms with Gasteiger partial charge in [0.25, 0.3) is 0 Å². The van der Waals surface area contributed by atoms with E-state index >= 15 is 0 Å². The molecule has 0 aromatic rings. The lowest BCUT2D eigenvalue weighted by Crippen LogP contribution is -2.40. The Balaban J connectivity index is 0. The van der Waals surface area contributed by atoms with E-state index in [0.717, 1.165) is 0 Å². The molecule has 11 nitrogen and oxygen atoms in total. The van der Waals surface area contributed by atoms with E-state index in [2.05, 4.69) is 4.52 Å². The Kier molecular flexibility index (Phi) is 8.32. The van der Waals surface area contributed by atoms with Crippen LogP contribution in [0.3, 0.4) is 0 Å². The molecule has 1 saturated heterocycles. The lowest BCUT2D eigenvalue weighted by atomic mass is 10.1. The van der Waals surface area contributed by atoms with Crippen LogP contribution in [0, 0.1) is 0 Å². The number of aliphatic hydroxyl groups is 4. The predicted molar refractivity (Wildman–Crippen MR) is 56.9 cm³/mol. The van der Waals surface area contributed by atoms with Gasteiger partial charge in [-0.1, -0.05) is 0 Å². The number of phosphoric acid groups is 1. The van der Waals surface area contributed by atoms with Gasteiger partial charge in [-0.15, -0.1) is 0 Å². The smallest absolute Gasteiger partial charge is 0.394 e. The highest BCUT2D eigenvalue weighted by Crippen LogP contribution is 2.41. The average molecular weight is 294 g/mol. The molecule has 1 aliphatic rings. The fraction of sp³-hybridized carbons (Fsp3) is 1.00. The van der Waals surface area contributed by atoms with Crippen LogP contribution in [0.5, 0.6) is 0 Å². The molecule has 0 aromatic carbocycles. The second-order valence-corrected chi connectivity index (χ2v) is 4.49. The largest absolute Gasteiger partial charge is 0.472 e. The van der Waals surface area contributed by atoms with Gasteiger partial charge >= 0.3 is 7.82 Å². The molecule has 12 heteroatoms. The molecule has 0 aliphatic carbocycles. The number of phosphoric ester groups is 1. The molecular formula is C6H19N2O9P. The summed E-state index contributed by atoms with van der Waals surface area (Å²) >= 11 is 0. The molecule has 0 spiro atoms. The van der Waals surface area contributed by atoms with Gasteiger partial charge in [0.2, 0.25) is 0 Å². The van der Waals surface area contributed by atoms with Crippen molar-refractivity contribution in [3.63, 3.8) is 0 Å². The Morgan fingerprint density at radius 3 is 2.11 bits per heavy atom. The molecule has 0 saturated carbocycles. The molecule has 0 aromatic heterocycles. The van der Waals surface area contributed by atoms with Crippen LogP contribution >= 0.6 is 7.82 Å². The Labute approximate surface area is 102 Å². The minimum atomic E-state index is -4.88. The number of rotatable bonds is 4. The topological polar surface area (TPSA) is 227 Å². The van der Waals surface area contributed by atoms with Crippen LogP contribution < -0.4 is 12.3 Å². The van der Waals surface area contributed by atoms with Crippen LogP contribution in [0.2, 0.25) is 0 Å². The van der Waals surface area contributed by atoms with Gasteiger partial charge in [0, 0.05) is 0 Å². The standard InChI is InChI=1S/C6H13O9P.2H3N/c7-1-2(8)5-3(9)4(10)6(14-5)15-16(11,12)13;;/h2-10H,1H2,(H2,11,12,13);2*1H3/t2-,3-,4+,5-,6-;;/m1../s1. The highest BCUT2D eigenvalue weighted by Gasteiger charge is 2.48. The lowest BCUT2D eigenvalue weighted by Gasteiger charge is -2.18. The van der Waals surface area contributed by atoms with Crippen LogP contribution in [0.25, 0.3) is 0 Å². The first kappa shape index (κ1) is 20.2. The molecular weight excluding hydrogens is 275 g/mol. The lowest BCUT2D eigenvalue weighted by molar-refractivity contribution is -0.144. The van der Waals surface area contributed by atoms with Gasteiger partial charge in [-0.2, -0.15) is 0 Å². The Morgan fingerprint density at radius 2 is 1.72 bits per heavy atom. The van der Waals surface area contributed by atoms with E-state index in [1.807, 2.05) is 0 Å². The normalized spacial score (nSPS) is 33.4. The first-order valence-corrected chi connectivity index (χ1v) is 5.83. The van der Waals surface area contributed by atoms with Crippen molar-refractivity contribution in [2.45, 2.75) is 30.7 Å². The zero-order chi connectivity index (χ0) is 12.5. The molecule has 0 bridgehead atoms. The summed E-state index contributed by atoms with van der Waals surface area (Å²) in [7, 11) is -4.88. The summed E-state index contributed by atoms with van der Waals surface area (Å²) in [6, 6.07) is 0. The molecule has 1 heterocycles. The fourth-order valence-electron chi connectivity index (χ4n) is 1.32. The third kappa shape index (κ3) is 4.84. The molecule has 18 heavy (non-hydrogen) atoms. The number of ether oxygens (including phenoxy) is 1. The monoisotopic (exact) mass is 294 g/mol. The van der Waals surface area contributed by atoms with Crippen LogP contribution in [0.1, 0.15) is 0 Å². The van der Waals surface area contributed by atoms with E-state index in [9.17, 15) is 14.8 Å². The third-order valence-corrected chi connectivity index (χ3v) is 2.55. The molecule has 5 atom stereocenters. The third-order valence-electron chi connectivity index (χ3n) is 2.06. The summed E-state index contributed by atoms with van der Waals surface area (Å²) in [5.74, 6) is 0. The zero-order valence-electron chi connectivity index (χ0n) is 9.36. The average Bonchev–Trinajstić information content (AvgIpc) is 2.43. The van der Waals surface area contributed by atoms with E-state index in [-0.39, 0.29) is 12.3 Å². The van der Waals surface area contributed by atoms with Crippen molar-refractivity contribution in [3.05, 3.63) is 0 Å².